The van der Waals surface area contributed by atoms with Crippen molar-refractivity contribution in [3.05, 3.63) is 12.2 Å². The number of carboxylic acids is 1. The van der Waals surface area contributed by atoms with Gasteiger partial charge in [0, 0.05) is 6.08 Å². The summed E-state index contributed by atoms with van der Waals surface area (Å²) in [6.45, 7) is 1.95. The van der Waals surface area contributed by atoms with Crippen LogP contribution in [0.3, 0.4) is 0 Å². The van der Waals surface area contributed by atoms with Gasteiger partial charge in [0.1, 0.15) is 0 Å². The van der Waals surface area contributed by atoms with Crippen LogP contribution in [0.5, 0.6) is 0 Å². The number of carbonyl (C=O) groups is 1. The molecule has 3 heteroatoms. The topological polar surface area (TPSA) is 57.5 Å². The summed E-state index contributed by atoms with van der Waals surface area (Å²) in [5.41, 5.74) is 0. The van der Waals surface area contributed by atoms with Crippen LogP contribution in [0.15, 0.2) is 12.2 Å². The molecule has 0 aromatic carbocycles. The van der Waals surface area contributed by atoms with Gasteiger partial charge in [-0.1, -0.05) is 19.4 Å². The molecule has 2 N–H and O–H groups in total. The van der Waals surface area contributed by atoms with Crippen LogP contribution in [0.25, 0.3) is 0 Å². The lowest BCUT2D eigenvalue weighted by molar-refractivity contribution is -0.131. The molecule has 0 aliphatic rings. The molecule has 0 fully saturated rings. The van der Waals surface area contributed by atoms with Crippen molar-refractivity contribution in [2.75, 3.05) is 0 Å². The molecule has 0 aromatic rings. The number of aliphatic hydroxyl groups excluding tert-OH is 1. The maximum absolute atomic E-state index is 10.1. The highest BCUT2D eigenvalue weighted by molar-refractivity contribution is 5.79. The van der Waals surface area contributed by atoms with E-state index in [1.165, 1.54) is 0 Å². The third-order valence-electron chi connectivity index (χ3n) is 1.89. The smallest absolute Gasteiger partial charge is 0.327 e. The van der Waals surface area contributed by atoms with Crippen molar-refractivity contribution >= 4 is 5.97 Å². The summed E-state index contributed by atoms with van der Waals surface area (Å²) in [6.07, 6.45) is 6.92. The Morgan fingerprint density at radius 3 is 2.69 bits per heavy atom. The van der Waals surface area contributed by atoms with Gasteiger partial charge in [0.15, 0.2) is 0 Å². The predicted octanol–water partition coefficient (Wildman–Crippen LogP) is 1.96. The van der Waals surface area contributed by atoms with Gasteiger partial charge in [-0.15, -0.1) is 0 Å². The fourth-order valence-corrected chi connectivity index (χ4v) is 1.03. The first kappa shape index (κ1) is 12.2. The highest BCUT2D eigenvalue weighted by atomic mass is 16.4. The van der Waals surface area contributed by atoms with E-state index in [2.05, 4.69) is 0 Å². The lowest BCUT2D eigenvalue weighted by Crippen LogP contribution is -2.03. The highest BCUT2D eigenvalue weighted by Crippen LogP contribution is 2.06. The Morgan fingerprint density at radius 2 is 2.15 bits per heavy atom. The van der Waals surface area contributed by atoms with E-state index in [-0.39, 0.29) is 6.10 Å². The van der Waals surface area contributed by atoms with E-state index in [9.17, 15) is 9.90 Å². The summed E-state index contributed by atoms with van der Waals surface area (Å²) in [5, 5.41) is 17.5. The number of hydrogen-bond donors (Lipinski definition) is 2. The fourth-order valence-electron chi connectivity index (χ4n) is 1.03. The van der Waals surface area contributed by atoms with Crippen LogP contribution in [0, 0.1) is 0 Å². The Balaban J connectivity index is 3.21. The molecule has 0 amide bonds. The number of aliphatic hydroxyl groups is 1. The maximum Gasteiger partial charge on any atom is 0.327 e. The van der Waals surface area contributed by atoms with E-state index in [4.69, 9.17) is 5.11 Å². The van der Waals surface area contributed by atoms with Crippen molar-refractivity contribution in [3.8, 4) is 0 Å². The molecule has 0 rings (SSSR count). The third-order valence-corrected chi connectivity index (χ3v) is 1.89. The van der Waals surface area contributed by atoms with Crippen LogP contribution in [-0.4, -0.2) is 22.3 Å². The van der Waals surface area contributed by atoms with E-state index < -0.39 is 5.97 Å². The average Bonchev–Trinajstić information content (AvgIpc) is 2.10. The minimum Gasteiger partial charge on any atom is -0.478 e. The Labute approximate surface area is 79.1 Å². The number of allylic oxidation sites excluding steroid dienone is 1. The van der Waals surface area contributed by atoms with Crippen molar-refractivity contribution in [2.24, 2.45) is 0 Å². The second-order valence-corrected chi connectivity index (χ2v) is 3.09. The SMILES string of the molecule is CCC(O)CCCC/C=C/C(=O)O. The molecule has 0 saturated carbocycles. The average molecular weight is 186 g/mol. The van der Waals surface area contributed by atoms with Gasteiger partial charge < -0.3 is 10.2 Å². The molecule has 76 valence electrons. The number of aliphatic carboxylic acids is 1. The van der Waals surface area contributed by atoms with E-state index in [1.54, 1.807) is 6.08 Å². The zero-order valence-corrected chi connectivity index (χ0v) is 8.07. The van der Waals surface area contributed by atoms with Gasteiger partial charge in [-0.3, -0.25) is 0 Å². The monoisotopic (exact) mass is 186 g/mol. The summed E-state index contributed by atoms with van der Waals surface area (Å²) >= 11 is 0. The molecule has 1 unspecified atom stereocenters. The molecular weight excluding hydrogens is 168 g/mol. The number of carboxylic acid groups (broad SMARTS) is 1. The Kier molecular flexibility index (Phi) is 7.30. The third kappa shape index (κ3) is 9.08. The minimum absolute atomic E-state index is 0.191. The van der Waals surface area contributed by atoms with Crippen molar-refractivity contribution in [1.29, 1.82) is 0 Å². The van der Waals surface area contributed by atoms with Gasteiger partial charge in [0.05, 0.1) is 6.10 Å². The van der Waals surface area contributed by atoms with E-state index in [0.29, 0.717) is 0 Å². The largest absolute Gasteiger partial charge is 0.478 e. The van der Waals surface area contributed by atoms with E-state index in [1.807, 2.05) is 6.92 Å². The lowest BCUT2D eigenvalue weighted by Gasteiger charge is -2.05. The summed E-state index contributed by atoms with van der Waals surface area (Å²) in [6, 6.07) is 0. The van der Waals surface area contributed by atoms with Crippen molar-refractivity contribution in [3.63, 3.8) is 0 Å². The van der Waals surface area contributed by atoms with E-state index in [0.717, 1.165) is 38.2 Å². The van der Waals surface area contributed by atoms with Crippen molar-refractivity contribution in [1.82, 2.24) is 0 Å². The van der Waals surface area contributed by atoms with Gasteiger partial charge in [0.2, 0.25) is 0 Å². The van der Waals surface area contributed by atoms with Crippen LogP contribution in [0.1, 0.15) is 39.0 Å². The Bertz CT molecular complexity index is 164. The molecule has 0 aliphatic carbocycles. The summed E-state index contributed by atoms with van der Waals surface area (Å²) in [5.74, 6) is -0.895. The maximum atomic E-state index is 10.1. The minimum atomic E-state index is -0.895. The van der Waals surface area contributed by atoms with Crippen LogP contribution >= 0.6 is 0 Å². The van der Waals surface area contributed by atoms with Crippen molar-refractivity contribution in [2.45, 2.75) is 45.1 Å². The first-order valence-electron chi connectivity index (χ1n) is 4.74. The quantitative estimate of drug-likeness (QED) is 0.472. The van der Waals surface area contributed by atoms with Gasteiger partial charge in [-0.05, 0) is 25.7 Å². The fraction of sp³-hybridized carbons (Fsp3) is 0.700. The Hall–Kier alpha value is -0.830. The van der Waals surface area contributed by atoms with Crippen LogP contribution in [0.4, 0.5) is 0 Å². The van der Waals surface area contributed by atoms with Gasteiger partial charge in [0.25, 0.3) is 0 Å². The molecule has 0 spiro atoms. The van der Waals surface area contributed by atoms with Crippen LogP contribution < -0.4 is 0 Å². The first-order valence-corrected chi connectivity index (χ1v) is 4.74. The zero-order chi connectivity index (χ0) is 10.1. The summed E-state index contributed by atoms with van der Waals surface area (Å²) in [7, 11) is 0. The number of rotatable bonds is 7. The molecule has 0 aliphatic heterocycles. The zero-order valence-electron chi connectivity index (χ0n) is 8.07. The first-order chi connectivity index (χ1) is 6.16. The molecular formula is C10H18O3. The molecule has 0 aromatic heterocycles. The van der Waals surface area contributed by atoms with Gasteiger partial charge >= 0.3 is 5.97 Å². The van der Waals surface area contributed by atoms with Crippen LogP contribution in [-0.2, 0) is 4.79 Å². The molecule has 3 nitrogen and oxygen atoms in total. The molecule has 0 bridgehead atoms. The standard InChI is InChI=1S/C10H18O3/c1-2-9(11)7-5-3-4-6-8-10(12)13/h6,8-9,11H,2-5,7H2,1H3,(H,12,13)/b8-6+. The van der Waals surface area contributed by atoms with Gasteiger partial charge in [-0.2, -0.15) is 0 Å². The summed E-state index contributed by atoms with van der Waals surface area (Å²) in [4.78, 5) is 10.1. The van der Waals surface area contributed by atoms with Crippen LogP contribution in [0.2, 0.25) is 0 Å². The molecule has 0 heterocycles. The molecule has 0 radical (unpaired) electrons. The molecule has 13 heavy (non-hydrogen) atoms. The predicted molar refractivity (Wildman–Crippen MR) is 51.5 cm³/mol. The second-order valence-electron chi connectivity index (χ2n) is 3.09. The molecule has 0 saturated heterocycles. The van der Waals surface area contributed by atoms with E-state index >= 15 is 0 Å². The Morgan fingerprint density at radius 1 is 1.46 bits per heavy atom. The van der Waals surface area contributed by atoms with Gasteiger partial charge in [-0.25, -0.2) is 4.79 Å². The lowest BCUT2D eigenvalue weighted by atomic mass is 10.1. The normalized spacial score (nSPS) is 13.4. The highest BCUT2D eigenvalue weighted by Gasteiger charge is 1.98. The molecule has 1 atom stereocenters. The second kappa shape index (κ2) is 7.80. The number of hydrogen-bond acceptors (Lipinski definition) is 2. The number of unbranched alkanes of at least 4 members (excludes halogenated alkanes) is 2. The summed E-state index contributed by atoms with van der Waals surface area (Å²) < 4.78 is 0. The van der Waals surface area contributed by atoms with Crippen molar-refractivity contribution < 1.29 is 15.0 Å².